The predicted molar refractivity (Wildman–Crippen MR) is 116 cm³/mol. The van der Waals surface area contributed by atoms with E-state index in [0.29, 0.717) is 11.5 Å². The largest absolute Gasteiger partial charge is 0.508 e. The van der Waals surface area contributed by atoms with Gasteiger partial charge in [-0.25, -0.2) is 9.78 Å². The second-order valence-electron chi connectivity index (χ2n) is 7.75. The molecule has 0 saturated carbocycles. The maximum absolute atomic E-state index is 13.2. The van der Waals surface area contributed by atoms with Crippen molar-refractivity contribution in [2.75, 3.05) is 13.2 Å². The van der Waals surface area contributed by atoms with Gasteiger partial charge in [-0.05, 0) is 12.1 Å². The Balaban J connectivity index is 1.50. The second kappa shape index (κ2) is 8.39. The SMILES string of the molecule is CC(C)(C(=O)NCCOC(=O)c1nccs1)C1c2ccccc2Oc2cc(O)ccc21. The van der Waals surface area contributed by atoms with E-state index in [9.17, 15) is 14.7 Å². The van der Waals surface area contributed by atoms with Gasteiger partial charge in [-0.2, -0.15) is 0 Å². The van der Waals surface area contributed by atoms with Crippen molar-refractivity contribution in [2.24, 2.45) is 5.41 Å². The minimum atomic E-state index is -0.842. The number of thiazole rings is 1. The van der Waals surface area contributed by atoms with E-state index in [-0.39, 0.29) is 35.7 Å². The fraction of sp³-hybridized carbons (Fsp3) is 0.261. The molecular formula is C23H22N2O5S. The van der Waals surface area contributed by atoms with Gasteiger partial charge in [-0.1, -0.05) is 38.1 Å². The quantitative estimate of drug-likeness (QED) is 0.444. The fourth-order valence-corrected chi connectivity index (χ4v) is 4.31. The molecule has 2 heterocycles. The number of phenolic OH excluding ortho intramolecular Hbond substituents is 1. The molecule has 1 aliphatic heterocycles. The van der Waals surface area contributed by atoms with Gasteiger partial charge in [0, 0.05) is 34.7 Å². The zero-order valence-electron chi connectivity index (χ0n) is 17.1. The first-order chi connectivity index (χ1) is 14.9. The molecule has 1 atom stereocenters. The summed E-state index contributed by atoms with van der Waals surface area (Å²) in [6.45, 7) is 3.97. The third-order valence-corrected chi connectivity index (χ3v) is 6.05. The lowest BCUT2D eigenvalue weighted by atomic mass is 9.69. The molecule has 0 bridgehead atoms. The van der Waals surface area contributed by atoms with Crippen LogP contribution in [0, 0.1) is 5.41 Å². The van der Waals surface area contributed by atoms with Crippen molar-refractivity contribution in [3.8, 4) is 17.2 Å². The van der Waals surface area contributed by atoms with E-state index >= 15 is 0 Å². The number of benzene rings is 2. The molecule has 0 fully saturated rings. The average Bonchev–Trinajstić information content (AvgIpc) is 3.29. The summed E-state index contributed by atoms with van der Waals surface area (Å²) in [6, 6.07) is 12.5. The molecule has 2 N–H and O–H groups in total. The number of aromatic hydroxyl groups is 1. The van der Waals surface area contributed by atoms with Crippen LogP contribution in [-0.4, -0.2) is 35.1 Å². The number of phenols is 1. The fourth-order valence-electron chi connectivity index (χ4n) is 3.78. The molecule has 160 valence electrons. The lowest BCUT2D eigenvalue weighted by molar-refractivity contribution is -0.130. The van der Waals surface area contributed by atoms with Crippen molar-refractivity contribution in [1.82, 2.24) is 10.3 Å². The summed E-state index contributed by atoms with van der Waals surface area (Å²) in [7, 11) is 0. The first-order valence-electron chi connectivity index (χ1n) is 9.82. The minimum absolute atomic E-state index is 0.0507. The molecule has 31 heavy (non-hydrogen) atoms. The summed E-state index contributed by atoms with van der Waals surface area (Å²) in [5.41, 5.74) is 0.883. The number of carbonyl (C=O) groups excluding carboxylic acids is 2. The maximum Gasteiger partial charge on any atom is 0.367 e. The van der Waals surface area contributed by atoms with Gasteiger partial charge in [-0.3, -0.25) is 4.79 Å². The molecule has 1 aliphatic rings. The number of para-hydroxylation sites is 1. The molecule has 0 radical (unpaired) electrons. The summed E-state index contributed by atoms with van der Waals surface area (Å²) in [5.74, 6) is 0.312. The van der Waals surface area contributed by atoms with Gasteiger partial charge in [0.05, 0.1) is 12.0 Å². The van der Waals surface area contributed by atoms with Crippen LogP contribution < -0.4 is 10.1 Å². The van der Waals surface area contributed by atoms with Crippen LogP contribution in [0.3, 0.4) is 0 Å². The topological polar surface area (TPSA) is 97.8 Å². The van der Waals surface area contributed by atoms with E-state index in [1.165, 1.54) is 17.5 Å². The lowest BCUT2D eigenvalue weighted by Crippen LogP contribution is -2.43. The Bertz CT molecular complexity index is 1110. The van der Waals surface area contributed by atoms with Gasteiger partial charge in [0.15, 0.2) is 0 Å². The van der Waals surface area contributed by atoms with Gasteiger partial charge in [0.25, 0.3) is 0 Å². The van der Waals surface area contributed by atoms with Gasteiger partial charge in [-0.15, -0.1) is 11.3 Å². The lowest BCUT2D eigenvalue weighted by Gasteiger charge is -2.38. The smallest absolute Gasteiger partial charge is 0.367 e. The van der Waals surface area contributed by atoms with Crippen molar-refractivity contribution in [2.45, 2.75) is 19.8 Å². The number of carbonyl (C=O) groups is 2. The zero-order valence-corrected chi connectivity index (χ0v) is 17.9. The number of amides is 1. The Hall–Kier alpha value is -3.39. The molecule has 2 aromatic carbocycles. The van der Waals surface area contributed by atoms with Crippen LogP contribution >= 0.6 is 11.3 Å². The molecule has 1 unspecified atom stereocenters. The molecule has 0 saturated heterocycles. The van der Waals surface area contributed by atoms with Crippen LogP contribution in [-0.2, 0) is 9.53 Å². The van der Waals surface area contributed by atoms with E-state index < -0.39 is 11.4 Å². The van der Waals surface area contributed by atoms with Crippen LogP contribution in [0.25, 0.3) is 0 Å². The van der Waals surface area contributed by atoms with E-state index in [4.69, 9.17) is 9.47 Å². The Morgan fingerprint density at radius 3 is 2.74 bits per heavy atom. The predicted octanol–water partition coefficient (Wildman–Crippen LogP) is 4.09. The van der Waals surface area contributed by atoms with Gasteiger partial charge in [0.1, 0.15) is 23.9 Å². The number of fused-ring (bicyclic) bond motifs is 2. The number of aromatic nitrogens is 1. The molecule has 3 aromatic rings. The highest BCUT2D eigenvalue weighted by Gasteiger charge is 2.43. The maximum atomic E-state index is 13.2. The Morgan fingerprint density at radius 2 is 1.97 bits per heavy atom. The van der Waals surface area contributed by atoms with Gasteiger partial charge >= 0.3 is 5.97 Å². The minimum Gasteiger partial charge on any atom is -0.508 e. The second-order valence-corrected chi connectivity index (χ2v) is 8.64. The molecule has 0 spiro atoms. The molecular weight excluding hydrogens is 416 g/mol. The molecule has 7 nitrogen and oxygen atoms in total. The number of ether oxygens (including phenoxy) is 2. The monoisotopic (exact) mass is 438 g/mol. The third-order valence-electron chi connectivity index (χ3n) is 5.29. The van der Waals surface area contributed by atoms with E-state index in [2.05, 4.69) is 10.3 Å². The van der Waals surface area contributed by atoms with Gasteiger partial charge in [0.2, 0.25) is 10.9 Å². The highest BCUT2D eigenvalue weighted by atomic mass is 32.1. The number of hydrogen-bond donors (Lipinski definition) is 2. The first-order valence-corrected chi connectivity index (χ1v) is 10.7. The van der Waals surface area contributed by atoms with E-state index in [0.717, 1.165) is 11.1 Å². The van der Waals surface area contributed by atoms with E-state index in [1.54, 1.807) is 23.6 Å². The summed E-state index contributed by atoms with van der Waals surface area (Å²) < 4.78 is 11.1. The Kier molecular flexibility index (Phi) is 5.65. The number of nitrogens with one attached hydrogen (secondary N) is 1. The molecule has 1 aromatic heterocycles. The van der Waals surface area contributed by atoms with Crippen molar-refractivity contribution >= 4 is 23.2 Å². The standard InChI is InChI=1S/C23H22N2O5S/c1-23(2,22(28)25-9-11-29-21(27)20-24-10-12-31-20)19-15-5-3-4-6-17(15)30-18-13-14(26)7-8-16(18)19/h3-8,10,12-13,19,26H,9,11H2,1-2H3,(H,25,28). The van der Waals surface area contributed by atoms with Crippen molar-refractivity contribution < 1.29 is 24.2 Å². The zero-order chi connectivity index (χ0) is 22.0. The Morgan fingerprint density at radius 1 is 1.19 bits per heavy atom. The summed E-state index contributed by atoms with van der Waals surface area (Å²) in [5, 5.41) is 14.7. The van der Waals surface area contributed by atoms with Crippen molar-refractivity contribution in [3.63, 3.8) is 0 Å². The van der Waals surface area contributed by atoms with Crippen LogP contribution in [0.15, 0.2) is 54.0 Å². The molecule has 4 rings (SSSR count). The normalized spacial score (nSPS) is 14.7. The van der Waals surface area contributed by atoms with E-state index in [1.807, 2.05) is 38.1 Å². The summed E-state index contributed by atoms with van der Waals surface area (Å²) in [6.07, 6.45) is 1.54. The van der Waals surface area contributed by atoms with Crippen LogP contribution in [0.4, 0.5) is 0 Å². The van der Waals surface area contributed by atoms with Crippen LogP contribution in [0.2, 0.25) is 0 Å². The number of nitrogens with zero attached hydrogens (tertiary/aromatic N) is 1. The molecule has 1 amide bonds. The number of esters is 1. The van der Waals surface area contributed by atoms with Gasteiger partial charge < -0.3 is 19.9 Å². The van der Waals surface area contributed by atoms with Crippen LogP contribution in [0.1, 0.15) is 40.7 Å². The van der Waals surface area contributed by atoms with Crippen molar-refractivity contribution in [3.05, 3.63) is 70.2 Å². The highest BCUT2D eigenvalue weighted by molar-refractivity contribution is 7.11. The average molecular weight is 439 g/mol. The highest BCUT2D eigenvalue weighted by Crippen LogP contribution is 2.52. The molecule has 8 heteroatoms. The first kappa shape index (κ1) is 20.9. The van der Waals surface area contributed by atoms with Crippen LogP contribution in [0.5, 0.6) is 17.2 Å². The summed E-state index contributed by atoms with van der Waals surface area (Å²) >= 11 is 1.20. The summed E-state index contributed by atoms with van der Waals surface area (Å²) in [4.78, 5) is 29.0. The third kappa shape index (κ3) is 4.11. The number of hydrogen-bond acceptors (Lipinski definition) is 7. The molecule has 0 aliphatic carbocycles. The number of rotatable bonds is 6. The Labute approximate surface area is 183 Å². The van der Waals surface area contributed by atoms with Crippen molar-refractivity contribution in [1.29, 1.82) is 0 Å².